The number of halogens is 2. The predicted molar refractivity (Wildman–Crippen MR) is 132 cm³/mol. The second-order valence-electron chi connectivity index (χ2n) is 6.25. The molecule has 8 nitrogen and oxygen atoms in total. The molecule has 31 heavy (non-hydrogen) atoms. The summed E-state index contributed by atoms with van der Waals surface area (Å²) in [4.78, 5) is 22.4. The molecule has 1 amide bonds. The third kappa shape index (κ3) is 6.13. The third-order valence-electron chi connectivity index (χ3n) is 4.06. The SMILES string of the molecule is O=C(N/N=C\c1cc(I)c(OCc2ccccc2)c(I)c1)c1cc([N+](=O)[O-])ccc1O. The van der Waals surface area contributed by atoms with E-state index in [1.807, 2.05) is 42.5 Å². The Balaban J connectivity index is 1.68. The smallest absolute Gasteiger partial charge is 0.275 e. The van der Waals surface area contributed by atoms with E-state index < -0.39 is 10.8 Å². The summed E-state index contributed by atoms with van der Waals surface area (Å²) in [6.45, 7) is 0.447. The molecule has 0 bridgehead atoms. The highest BCUT2D eigenvalue weighted by atomic mass is 127. The van der Waals surface area contributed by atoms with Gasteiger partial charge in [0.05, 0.1) is 23.8 Å². The lowest BCUT2D eigenvalue weighted by atomic mass is 10.1. The van der Waals surface area contributed by atoms with Gasteiger partial charge >= 0.3 is 0 Å². The number of benzene rings is 3. The number of ether oxygens (including phenoxy) is 1. The third-order valence-corrected chi connectivity index (χ3v) is 5.66. The minimum Gasteiger partial charge on any atom is -0.507 e. The molecule has 0 atom stereocenters. The van der Waals surface area contributed by atoms with Crippen molar-refractivity contribution in [1.82, 2.24) is 5.43 Å². The summed E-state index contributed by atoms with van der Waals surface area (Å²) in [6, 6.07) is 16.7. The van der Waals surface area contributed by atoms with Crippen LogP contribution in [0.25, 0.3) is 0 Å². The maximum Gasteiger partial charge on any atom is 0.275 e. The van der Waals surface area contributed by atoms with Crippen molar-refractivity contribution in [1.29, 1.82) is 0 Å². The molecule has 3 rings (SSSR count). The Hall–Kier alpha value is -2.74. The molecule has 158 valence electrons. The molecule has 0 radical (unpaired) electrons. The van der Waals surface area contributed by atoms with Gasteiger partial charge in [-0.15, -0.1) is 0 Å². The largest absolute Gasteiger partial charge is 0.507 e. The quantitative estimate of drug-likeness (QED) is 0.166. The maximum atomic E-state index is 12.2. The highest BCUT2D eigenvalue weighted by Gasteiger charge is 2.16. The molecule has 10 heteroatoms. The topological polar surface area (TPSA) is 114 Å². The summed E-state index contributed by atoms with van der Waals surface area (Å²) in [5.74, 6) is -0.375. The summed E-state index contributed by atoms with van der Waals surface area (Å²) in [7, 11) is 0. The fourth-order valence-electron chi connectivity index (χ4n) is 2.57. The normalized spacial score (nSPS) is 10.8. The van der Waals surface area contributed by atoms with Gasteiger partial charge in [0, 0.05) is 12.1 Å². The van der Waals surface area contributed by atoms with Crippen molar-refractivity contribution in [2.45, 2.75) is 6.61 Å². The van der Waals surface area contributed by atoms with Crippen LogP contribution in [0.3, 0.4) is 0 Å². The zero-order valence-corrected chi connectivity index (χ0v) is 20.1. The van der Waals surface area contributed by atoms with Crippen LogP contribution in [0.2, 0.25) is 0 Å². The lowest BCUT2D eigenvalue weighted by molar-refractivity contribution is -0.384. The fourth-order valence-corrected chi connectivity index (χ4v) is 4.69. The Labute approximate surface area is 204 Å². The van der Waals surface area contributed by atoms with Crippen LogP contribution in [0.5, 0.6) is 11.5 Å². The Kier molecular flexibility index (Phi) is 7.79. The lowest BCUT2D eigenvalue weighted by Gasteiger charge is -2.11. The number of nitrogens with one attached hydrogen (secondary N) is 1. The first-order valence-corrected chi connectivity index (χ1v) is 11.0. The zero-order chi connectivity index (χ0) is 22.4. The van der Waals surface area contributed by atoms with Gasteiger partial charge in [-0.3, -0.25) is 14.9 Å². The number of aromatic hydroxyl groups is 1. The molecule has 2 N–H and O–H groups in total. The van der Waals surface area contributed by atoms with E-state index in [2.05, 4.69) is 55.7 Å². The van der Waals surface area contributed by atoms with Crippen LogP contribution in [0.1, 0.15) is 21.5 Å². The highest BCUT2D eigenvalue weighted by molar-refractivity contribution is 14.1. The average molecular weight is 643 g/mol. The number of hydrogen-bond acceptors (Lipinski definition) is 6. The number of amides is 1. The van der Waals surface area contributed by atoms with Crippen LogP contribution < -0.4 is 10.2 Å². The molecule has 0 fully saturated rings. The van der Waals surface area contributed by atoms with Gasteiger partial charge in [0.15, 0.2) is 0 Å². The summed E-state index contributed by atoms with van der Waals surface area (Å²) in [5.41, 5.74) is 3.52. The molecular weight excluding hydrogens is 628 g/mol. The van der Waals surface area contributed by atoms with Gasteiger partial charge in [0.1, 0.15) is 18.1 Å². The van der Waals surface area contributed by atoms with E-state index in [0.29, 0.717) is 6.61 Å². The number of hydrazone groups is 1. The van der Waals surface area contributed by atoms with Crippen molar-refractivity contribution in [3.05, 3.63) is 94.6 Å². The molecule has 0 aromatic heterocycles. The first kappa shape index (κ1) is 22.9. The Morgan fingerprint density at radius 2 is 1.81 bits per heavy atom. The van der Waals surface area contributed by atoms with Crippen molar-refractivity contribution >= 4 is 63.0 Å². The molecule has 0 saturated heterocycles. The van der Waals surface area contributed by atoms with Crippen molar-refractivity contribution in [2.75, 3.05) is 0 Å². The fraction of sp³-hybridized carbons (Fsp3) is 0.0476. The Morgan fingerprint density at radius 3 is 2.45 bits per heavy atom. The van der Waals surface area contributed by atoms with Gasteiger partial charge < -0.3 is 9.84 Å². The number of phenolic OH excluding ortho intramolecular Hbond substituents is 1. The van der Waals surface area contributed by atoms with Gasteiger partial charge in [-0.05, 0) is 74.5 Å². The number of carbonyl (C=O) groups is 1. The van der Waals surface area contributed by atoms with E-state index in [0.717, 1.165) is 42.2 Å². The maximum absolute atomic E-state index is 12.2. The molecule has 3 aromatic rings. The number of hydrogen-bond donors (Lipinski definition) is 2. The van der Waals surface area contributed by atoms with Crippen LogP contribution in [-0.4, -0.2) is 22.2 Å². The van der Waals surface area contributed by atoms with Crippen LogP contribution in [0.15, 0.2) is 65.8 Å². The summed E-state index contributed by atoms with van der Waals surface area (Å²) in [5, 5.41) is 24.5. The van der Waals surface area contributed by atoms with Crippen molar-refractivity contribution in [3.8, 4) is 11.5 Å². The van der Waals surface area contributed by atoms with Crippen LogP contribution in [0, 0.1) is 17.3 Å². The minimum absolute atomic E-state index is 0.236. The van der Waals surface area contributed by atoms with E-state index in [1.165, 1.54) is 6.21 Å². The second kappa shape index (κ2) is 10.5. The van der Waals surface area contributed by atoms with Crippen LogP contribution in [-0.2, 0) is 6.61 Å². The highest BCUT2D eigenvalue weighted by Crippen LogP contribution is 2.29. The number of nitro benzene ring substituents is 1. The number of phenols is 1. The van der Waals surface area contributed by atoms with Gasteiger partial charge in [-0.1, -0.05) is 30.3 Å². The Morgan fingerprint density at radius 1 is 1.13 bits per heavy atom. The first-order chi connectivity index (χ1) is 14.8. The molecule has 0 aliphatic carbocycles. The number of nitro groups is 1. The lowest BCUT2D eigenvalue weighted by Crippen LogP contribution is -2.18. The van der Waals surface area contributed by atoms with E-state index >= 15 is 0 Å². The van der Waals surface area contributed by atoms with Gasteiger partial charge in [-0.25, -0.2) is 5.43 Å². The van der Waals surface area contributed by atoms with E-state index in [4.69, 9.17) is 4.74 Å². The molecule has 0 aliphatic heterocycles. The van der Waals surface area contributed by atoms with Gasteiger partial charge in [0.25, 0.3) is 11.6 Å². The van der Waals surface area contributed by atoms with Crippen LogP contribution in [0.4, 0.5) is 5.69 Å². The molecule has 0 aliphatic rings. The number of non-ortho nitro benzene ring substituents is 1. The molecule has 0 spiro atoms. The molecule has 0 heterocycles. The van der Waals surface area contributed by atoms with Crippen molar-refractivity contribution < 1.29 is 19.6 Å². The number of carbonyl (C=O) groups excluding carboxylic acids is 1. The zero-order valence-electron chi connectivity index (χ0n) is 15.8. The number of nitrogens with zero attached hydrogens (tertiary/aromatic N) is 2. The predicted octanol–water partition coefficient (Wildman–Crippen LogP) is 4.85. The molecule has 0 saturated carbocycles. The molecule has 3 aromatic carbocycles. The Bertz CT molecular complexity index is 1130. The monoisotopic (exact) mass is 643 g/mol. The van der Waals surface area contributed by atoms with E-state index in [-0.39, 0.29) is 17.0 Å². The summed E-state index contributed by atoms with van der Waals surface area (Å²) in [6.07, 6.45) is 1.44. The summed E-state index contributed by atoms with van der Waals surface area (Å²) < 4.78 is 7.70. The summed E-state index contributed by atoms with van der Waals surface area (Å²) >= 11 is 4.33. The second-order valence-corrected chi connectivity index (χ2v) is 8.57. The van der Waals surface area contributed by atoms with E-state index in [9.17, 15) is 20.0 Å². The van der Waals surface area contributed by atoms with E-state index in [1.54, 1.807) is 0 Å². The molecular formula is C21H15I2N3O5. The van der Waals surface area contributed by atoms with Crippen molar-refractivity contribution in [3.63, 3.8) is 0 Å². The van der Waals surface area contributed by atoms with Crippen molar-refractivity contribution in [2.24, 2.45) is 5.10 Å². The minimum atomic E-state index is -0.760. The first-order valence-electron chi connectivity index (χ1n) is 8.81. The standard InChI is InChI=1S/C21H15I2N3O5/c22-17-8-14(9-18(23)20(17)31-12-13-4-2-1-3-5-13)11-24-25-21(28)16-10-15(26(29)30)6-7-19(16)27/h1-11,27H,12H2,(H,25,28)/b24-11-. The van der Waals surface area contributed by atoms with Gasteiger partial charge in [-0.2, -0.15) is 5.10 Å². The van der Waals surface area contributed by atoms with Gasteiger partial charge in [0.2, 0.25) is 0 Å². The van der Waals surface area contributed by atoms with Crippen LogP contribution >= 0.6 is 45.2 Å². The molecule has 0 unspecified atom stereocenters. The number of rotatable bonds is 7. The average Bonchev–Trinajstić information content (AvgIpc) is 2.74.